The summed E-state index contributed by atoms with van der Waals surface area (Å²) in [4.78, 5) is 14.4. The molecule has 1 aliphatic heterocycles. The smallest absolute Gasteiger partial charge is 0.154 e. The van der Waals surface area contributed by atoms with Crippen LogP contribution in [0.5, 0.6) is 0 Å². The van der Waals surface area contributed by atoms with Crippen LogP contribution in [0.15, 0.2) is 48.5 Å². The molecule has 0 radical (unpaired) electrons. The molecule has 1 aromatic heterocycles. The van der Waals surface area contributed by atoms with Crippen molar-refractivity contribution in [2.24, 2.45) is 0 Å². The zero-order valence-corrected chi connectivity index (χ0v) is 16.3. The number of nitrogens with zero attached hydrogens (tertiary/aromatic N) is 2. The fraction of sp³-hybridized carbons (Fsp3) is 0.348. The molecular weight excluding hydrogens is 334 g/mol. The molecule has 0 aliphatic carbocycles. The van der Waals surface area contributed by atoms with Crippen LogP contribution in [0.2, 0.25) is 0 Å². The number of piperazine rings is 1. The molecule has 4 heteroatoms. The zero-order chi connectivity index (χ0) is 19.0. The van der Waals surface area contributed by atoms with Crippen LogP contribution in [0.4, 0.5) is 5.82 Å². The van der Waals surface area contributed by atoms with E-state index in [0.717, 1.165) is 60.4 Å². The van der Waals surface area contributed by atoms with Gasteiger partial charge in [0.2, 0.25) is 0 Å². The highest BCUT2D eigenvalue weighted by Crippen LogP contribution is 2.35. The van der Waals surface area contributed by atoms with Gasteiger partial charge in [0.1, 0.15) is 5.82 Å². The minimum Gasteiger partial charge on any atom is -0.355 e. The number of nitrogens with one attached hydrogen (secondary N) is 1. The summed E-state index contributed by atoms with van der Waals surface area (Å²) < 4.78 is 2.25. The number of anilines is 1. The Morgan fingerprint density at radius 3 is 2.26 bits per heavy atom. The first-order chi connectivity index (χ1) is 13.0. The van der Waals surface area contributed by atoms with Gasteiger partial charge in [-0.2, -0.15) is 0 Å². The lowest BCUT2D eigenvalue weighted by atomic mass is 9.87. The number of para-hydroxylation sites is 1. The molecule has 1 fully saturated rings. The van der Waals surface area contributed by atoms with E-state index < -0.39 is 0 Å². The quantitative estimate of drug-likeness (QED) is 0.712. The maximum Gasteiger partial charge on any atom is 0.154 e. The van der Waals surface area contributed by atoms with Crippen LogP contribution in [0.3, 0.4) is 0 Å². The number of aldehydes is 1. The van der Waals surface area contributed by atoms with Crippen LogP contribution in [-0.2, 0) is 5.41 Å². The first-order valence-corrected chi connectivity index (χ1v) is 9.66. The van der Waals surface area contributed by atoms with Gasteiger partial charge in [0.25, 0.3) is 0 Å². The van der Waals surface area contributed by atoms with E-state index in [9.17, 15) is 4.79 Å². The van der Waals surface area contributed by atoms with E-state index in [1.807, 2.05) is 18.2 Å². The highest BCUT2D eigenvalue weighted by atomic mass is 16.1. The van der Waals surface area contributed by atoms with Crippen LogP contribution < -0.4 is 10.2 Å². The summed E-state index contributed by atoms with van der Waals surface area (Å²) in [6.45, 7) is 10.3. The van der Waals surface area contributed by atoms with Crippen molar-refractivity contribution in [1.82, 2.24) is 9.88 Å². The highest BCUT2D eigenvalue weighted by molar-refractivity contribution is 6.05. The van der Waals surface area contributed by atoms with Gasteiger partial charge in [0.05, 0.1) is 11.1 Å². The van der Waals surface area contributed by atoms with Crippen molar-refractivity contribution in [3.63, 3.8) is 0 Å². The first kappa shape index (κ1) is 17.8. The number of carbonyl (C=O) groups is 1. The number of benzene rings is 2. The van der Waals surface area contributed by atoms with Crippen molar-refractivity contribution in [2.45, 2.75) is 26.2 Å². The second kappa shape index (κ2) is 6.86. The second-order valence-corrected chi connectivity index (χ2v) is 8.24. The average Bonchev–Trinajstić information content (AvgIpc) is 3.02. The topological polar surface area (TPSA) is 37.3 Å². The SMILES string of the molecule is CC(C)(C)c1ccc(-n2c(N3CCNCC3)c(C=O)c3ccccc32)cc1. The number of aromatic nitrogens is 1. The predicted octanol–water partition coefficient (Wildman–Crippen LogP) is 4.15. The van der Waals surface area contributed by atoms with Crippen molar-refractivity contribution in [3.05, 3.63) is 59.7 Å². The van der Waals surface area contributed by atoms with Gasteiger partial charge < -0.3 is 10.2 Å². The minimum atomic E-state index is 0.118. The molecule has 4 nitrogen and oxygen atoms in total. The summed E-state index contributed by atoms with van der Waals surface area (Å²) in [5.74, 6) is 1.01. The van der Waals surface area contributed by atoms with Crippen molar-refractivity contribution in [1.29, 1.82) is 0 Å². The molecule has 1 aliphatic rings. The van der Waals surface area contributed by atoms with E-state index in [2.05, 4.69) is 65.9 Å². The zero-order valence-electron chi connectivity index (χ0n) is 16.3. The number of fused-ring (bicyclic) bond motifs is 1. The summed E-state index contributed by atoms with van der Waals surface area (Å²) in [5.41, 5.74) is 4.39. The summed E-state index contributed by atoms with van der Waals surface area (Å²) in [6.07, 6.45) is 1.01. The van der Waals surface area contributed by atoms with E-state index >= 15 is 0 Å². The number of carbonyl (C=O) groups excluding carboxylic acids is 1. The lowest BCUT2D eigenvalue weighted by Crippen LogP contribution is -2.44. The Hall–Kier alpha value is -2.59. The molecule has 4 rings (SSSR count). The van der Waals surface area contributed by atoms with Crippen molar-refractivity contribution < 1.29 is 4.79 Å². The maximum atomic E-state index is 12.1. The van der Waals surface area contributed by atoms with E-state index in [1.165, 1.54) is 5.56 Å². The van der Waals surface area contributed by atoms with E-state index in [4.69, 9.17) is 0 Å². The normalized spacial score (nSPS) is 15.3. The van der Waals surface area contributed by atoms with E-state index in [-0.39, 0.29) is 5.41 Å². The number of rotatable bonds is 3. The molecule has 1 N–H and O–H groups in total. The minimum absolute atomic E-state index is 0.118. The standard InChI is InChI=1S/C23H27N3O/c1-23(2,3)17-8-10-18(11-9-17)26-21-7-5-4-6-19(21)20(16-27)22(26)25-14-12-24-13-15-25/h4-11,16,24H,12-15H2,1-3H3. The van der Waals surface area contributed by atoms with E-state index in [1.54, 1.807) is 0 Å². The summed E-state index contributed by atoms with van der Waals surface area (Å²) in [7, 11) is 0. The molecule has 140 valence electrons. The Balaban J connectivity index is 1.94. The molecule has 0 amide bonds. The average molecular weight is 361 g/mol. The Morgan fingerprint density at radius 2 is 1.63 bits per heavy atom. The van der Waals surface area contributed by atoms with Gasteiger partial charge in [-0.25, -0.2) is 0 Å². The Morgan fingerprint density at radius 1 is 0.963 bits per heavy atom. The Kier molecular flexibility index (Phi) is 4.52. The third kappa shape index (κ3) is 3.15. The van der Waals surface area contributed by atoms with Crippen LogP contribution in [0.25, 0.3) is 16.6 Å². The molecule has 0 bridgehead atoms. The second-order valence-electron chi connectivity index (χ2n) is 8.24. The van der Waals surface area contributed by atoms with Gasteiger partial charge in [-0.15, -0.1) is 0 Å². The molecule has 0 spiro atoms. The third-order valence-corrected chi connectivity index (χ3v) is 5.41. The number of hydrogen-bond donors (Lipinski definition) is 1. The molecular formula is C23H27N3O. The fourth-order valence-electron chi connectivity index (χ4n) is 3.93. The highest BCUT2D eigenvalue weighted by Gasteiger charge is 2.24. The molecule has 2 heterocycles. The maximum absolute atomic E-state index is 12.1. The van der Waals surface area contributed by atoms with Crippen LogP contribution in [-0.4, -0.2) is 37.0 Å². The van der Waals surface area contributed by atoms with Gasteiger partial charge >= 0.3 is 0 Å². The van der Waals surface area contributed by atoms with Crippen molar-refractivity contribution >= 4 is 23.0 Å². The third-order valence-electron chi connectivity index (χ3n) is 5.41. The molecule has 0 unspecified atom stereocenters. The van der Waals surface area contributed by atoms with Crippen LogP contribution in [0.1, 0.15) is 36.7 Å². The molecule has 0 atom stereocenters. The largest absolute Gasteiger partial charge is 0.355 e. The lowest BCUT2D eigenvalue weighted by molar-refractivity contribution is 0.112. The first-order valence-electron chi connectivity index (χ1n) is 9.66. The summed E-state index contributed by atoms with van der Waals surface area (Å²) in [5, 5.41) is 4.41. The summed E-state index contributed by atoms with van der Waals surface area (Å²) >= 11 is 0. The van der Waals surface area contributed by atoms with Crippen molar-refractivity contribution in [2.75, 3.05) is 31.1 Å². The summed E-state index contributed by atoms with van der Waals surface area (Å²) in [6, 6.07) is 16.9. The lowest BCUT2D eigenvalue weighted by Gasteiger charge is -2.31. The van der Waals surface area contributed by atoms with Gasteiger partial charge in [-0.05, 0) is 29.2 Å². The molecule has 1 saturated heterocycles. The Labute approximate surface area is 160 Å². The van der Waals surface area contributed by atoms with Crippen LogP contribution in [0, 0.1) is 0 Å². The van der Waals surface area contributed by atoms with Gasteiger partial charge in [-0.1, -0.05) is 51.1 Å². The van der Waals surface area contributed by atoms with Gasteiger partial charge in [0.15, 0.2) is 6.29 Å². The monoisotopic (exact) mass is 361 g/mol. The van der Waals surface area contributed by atoms with E-state index in [0.29, 0.717) is 0 Å². The van der Waals surface area contributed by atoms with Crippen LogP contribution >= 0.6 is 0 Å². The van der Waals surface area contributed by atoms with Crippen molar-refractivity contribution in [3.8, 4) is 5.69 Å². The molecule has 2 aromatic carbocycles. The molecule has 3 aromatic rings. The predicted molar refractivity (Wildman–Crippen MR) is 112 cm³/mol. The molecule has 27 heavy (non-hydrogen) atoms. The van der Waals surface area contributed by atoms with Gasteiger partial charge in [0, 0.05) is 37.3 Å². The Bertz CT molecular complexity index is 958. The molecule has 0 saturated carbocycles. The fourth-order valence-corrected chi connectivity index (χ4v) is 3.93. The number of hydrogen-bond acceptors (Lipinski definition) is 3. The van der Waals surface area contributed by atoms with Gasteiger partial charge in [-0.3, -0.25) is 9.36 Å².